The van der Waals surface area contributed by atoms with Gasteiger partial charge in [-0.3, -0.25) is 14.0 Å². The molecule has 332 valence electrons. The van der Waals surface area contributed by atoms with Gasteiger partial charge in [-0.05, 0) is 57.2 Å². The van der Waals surface area contributed by atoms with Crippen LogP contribution in [0, 0.1) is 17.5 Å². The zero-order chi connectivity index (χ0) is 46.5. The van der Waals surface area contributed by atoms with Gasteiger partial charge in [-0.15, -0.1) is 0 Å². The lowest BCUT2D eigenvalue weighted by Gasteiger charge is -2.26. The zero-order valence-corrected chi connectivity index (χ0v) is 37.0. The smallest absolute Gasteiger partial charge is 0.375 e. The van der Waals surface area contributed by atoms with E-state index < -0.39 is 69.9 Å². The third-order valence-electron chi connectivity index (χ3n) is 8.61. The summed E-state index contributed by atoms with van der Waals surface area (Å²) in [5.74, 6) is -2.28. The third-order valence-corrected chi connectivity index (χ3v) is 9.98. The molecule has 3 N–H and O–H groups in total. The zero-order valence-electron chi connectivity index (χ0n) is 31.4. The Morgan fingerprint density at radius 1 is 0.483 bits per heavy atom. The predicted molar refractivity (Wildman–Crippen MR) is 207 cm³/mol. The van der Waals surface area contributed by atoms with Crippen LogP contribution in [-0.4, -0.2) is 69.4 Å². The second-order valence-electron chi connectivity index (χ2n) is 13.1. The molecule has 3 atom stereocenters. The number of nitrogens with zero attached hydrogens (tertiary/aromatic N) is 6. The van der Waals surface area contributed by atoms with Crippen LogP contribution in [0.15, 0.2) is 49.8 Å². The number of aryl methyl sites for hydroxylation is 3. The van der Waals surface area contributed by atoms with Crippen LogP contribution in [0.1, 0.15) is 37.9 Å². The summed E-state index contributed by atoms with van der Waals surface area (Å²) in [6.45, 7) is 1.84. The maximum atomic E-state index is 13.7. The molecule has 6 aromatic rings. The van der Waals surface area contributed by atoms with E-state index in [1.807, 2.05) is 0 Å². The number of halogens is 16. The van der Waals surface area contributed by atoms with Crippen molar-refractivity contribution in [2.45, 2.75) is 56.1 Å². The van der Waals surface area contributed by atoms with Crippen molar-refractivity contribution in [3.8, 4) is 0 Å². The van der Waals surface area contributed by atoms with E-state index in [4.69, 9.17) is 0 Å². The highest BCUT2D eigenvalue weighted by molar-refractivity contribution is 9.11. The van der Waals surface area contributed by atoms with E-state index in [2.05, 4.69) is 63.1 Å². The van der Waals surface area contributed by atoms with Gasteiger partial charge in [0.2, 0.25) is 0 Å². The number of hydrogen-bond acceptors (Lipinski definition) is 7. The Kier molecular flexibility index (Phi) is 15.3. The minimum Gasteiger partial charge on any atom is -0.375 e. The maximum absolute atomic E-state index is 13.7. The molecule has 0 spiro atoms. The quantitative estimate of drug-likeness (QED) is 0.151. The Morgan fingerprint density at radius 2 is 0.667 bits per heavy atom. The summed E-state index contributed by atoms with van der Waals surface area (Å²) in [5.41, 5.74) is -11.5. The average Bonchev–Trinajstić information content (AvgIpc) is 3.70. The molecular weight excluding hydrogens is 1060 g/mol. The summed E-state index contributed by atoms with van der Waals surface area (Å²) in [7, 11) is 3.68. The number of aromatic nitrogens is 6. The summed E-state index contributed by atoms with van der Waals surface area (Å²) in [6, 6.07) is 7.17. The molecule has 1 unspecified atom stereocenters. The van der Waals surface area contributed by atoms with E-state index >= 15 is 0 Å². The number of alkyl halides is 9. The molecule has 0 amide bonds. The molecule has 60 heavy (non-hydrogen) atoms. The van der Waals surface area contributed by atoms with E-state index in [0.717, 1.165) is 32.2 Å². The van der Waals surface area contributed by atoms with Gasteiger partial charge in [-0.1, -0.05) is 47.8 Å². The van der Waals surface area contributed by atoms with E-state index in [1.54, 1.807) is 0 Å². The van der Waals surface area contributed by atoms with Gasteiger partial charge in [0, 0.05) is 69.1 Å². The van der Waals surface area contributed by atoms with Crippen LogP contribution >= 0.6 is 59.9 Å². The van der Waals surface area contributed by atoms with E-state index in [-0.39, 0.29) is 58.3 Å². The Hall–Kier alpha value is -3.17. The average molecular weight is 1090 g/mol. The standard InChI is InChI=1S/3C11H9BrF4N2O.CH3FS/c3*1-10(19,11(14,15)16)9-6-3-5(12)4-7(13)8(6)17-18(9)2;1-3-2/h3*3-4,19H,1-2H3;1H3/t2*10-;;/m10../s1. The largest absolute Gasteiger partial charge is 0.422 e. The second-order valence-corrected chi connectivity index (χ2v) is 16.2. The van der Waals surface area contributed by atoms with Crippen molar-refractivity contribution in [1.29, 1.82) is 0 Å². The molecule has 0 saturated carbocycles. The topological polar surface area (TPSA) is 114 Å². The SMILES string of the molecule is CSF.Cn1nc2c(F)cc(Br)cc2c1C(C)(O)C(F)(F)F.Cn1nc2c(F)cc(Br)cc2c1[C@@](C)(O)C(F)(F)F.Cn1nc2c(F)cc(Br)cc2c1[C@](C)(O)C(F)(F)F. The fourth-order valence-electron chi connectivity index (χ4n) is 5.80. The summed E-state index contributed by atoms with van der Waals surface area (Å²) in [4.78, 5) is 0. The van der Waals surface area contributed by atoms with Crippen molar-refractivity contribution in [1.82, 2.24) is 29.3 Å². The van der Waals surface area contributed by atoms with Crippen LogP contribution in [0.4, 0.5) is 56.6 Å². The fourth-order valence-corrected chi connectivity index (χ4v) is 7.09. The lowest BCUT2D eigenvalue weighted by atomic mass is 9.98. The molecule has 3 aromatic carbocycles. The van der Waals surface area contributed by atoms with Crippen molar-refractivity contribution in [2.24, 2.45) is 21.1 Å². The summed E-state index contributed by atoms with van der Waals surface area (Å²) < 4.78 is 171. The predicted octanol–water partition coefficient (Wildman–Crippen LogP) is 11.0. The minimum atomic E-state index is -4.90. The third kappa shape index (κ3) is 10.0. The monoisotopic (exact) mass is 1090 g/mol. The highest BCUT2D eigenvalue weighted by Crippen LogP contribution is 2.44. The van der Waals surface area contributed by atoms with Crippen molar-refractivity contribution < 1.29 is 71.9 Å². The van der Waals surface area contributed by atoms with Crippen LogP contribution in [-0.2, 0) is 37.9 Å². The normalized spacial score (nSPS) is 15.3. The molecule has 9 nitrogen and oxygen atoms in total. The Bertz CT molecular complexity index is 2240. The van der Waals surface area contributed by atoms with Crippen LogP contribution < -0.4 is 0 Å². The first kappa shape index (κ1) is 51.2. The first-order chi connectivity index (χ1) is 27.1. The fraction of sp³-hybridized carbons (Fsp3) is 0.382. The molecule has 0 aliphatic heterocycles. The van der Waals surface area contributed by atoms with Gasteiger partial charge in [0.05, 0.1) is 17.1 Å². The lowest BCUT2D eigenvalue weighted by Crippen LogP contribution is -2.41. The molecule has 0 aliphatic carbocycles. The van der Waals surface area contributed by atoms with Crippen LogP contribution in [0.2, 0.25) is 0 Å². The van der Waals surface area contributed by atoms with E-state index in [1.165, 1.54) is 45.6 Å². The number of rotatable bonds is 3. The first-order valence-electron chi connectivity index (χ1n) is 16.1. The van der Waals surface area contributed by atoms with Gasteiger partial charge in [-0.2, -0.15) is 58.7 Å². The van der Waals surface area contributed by atoms with Crippen molar-refractivity contribution in [3.63, 3.8) is 0 Å². The molecular formula is C34H30Br3F13N6O3S. The summed E-state index contributed by atoms with van der Waals surface area (Å²) >= 11 is 9.26. The minimum absolute atomic E-state index is 0.0864. The molecule has 0 radical (unpaired) electrons. The molecule has 3 aromatic heterocycles. The van der Waals surface area contributed by atoms with Crippen molar-refractivity contribution in [2.75, 3.05) is 6.26 Å². The van der Waals surface area contributed by atoms with Gasteiger partial charge in [0.1, 0.15) is 16.6 Å². The molecule has 26 heteroatoms. The highest BCUT2D eigenvalue weighted by atomic mass is 79.9. The van der Waals surface area contributed by atoms with E-state index in [0.29, 0.717) is 20.8 Å². The Morgan fingerprint density at radius 3 is 0.833 bits per heavy atom. The molecule has 0 aliphatic rings. The number of fused-ring (bicyclic) bond motifs is 3. The molecule has 0 saturated heterocycles. The van der Waals surface area contributed by atoms with Gasteiger partial charge >= 0.3 is 18.5 Å². The number of benzene rings is 3. The summed E-state index contributed by atoms with van der Waals surface area (Å²) in [6.07, 6.45) is -13.3. The summed E-state index contributed by atoms with van der Waals surface area (Å²) in [5, 5.41) is 40.1. The highest BCUT2D eigenvalue weighted by Gasteiger charge is 2.56. The van der Waals surface area contributed by atoms with Crippen molar-refractivity contribution in [3.05, 3.63) is 84.3 Å². The molecule has 0 fully saturated rings. The van der Waals surface area contributed by atoms with Gasteiger partial charge < -0.3 is 15.3 Å². The van der Waals surface area contributed by atoms with Crippen LogP contribution in [0.25, 0.3) is 32.7 Å². The van der Waals surface area contributed by atoms with Gasteiger partial charge in [0.15, 0.2) is 34.3 Å². The Balaban J connectivity index is 0.000000232. The molecule has 3 heterocycles. The Labute approximate surface area is 360 Å². The van der Waals surface area contributed by atoms with Crippen LogP contribution in [0.5, 0.6) is 0 Å². The first-order valence-corrected chi connectivity index (χ1v) is 19.6. The molecule has 6 rings (SSSR count). The lowest BCUT2D eigenvalue weighted by molar-refractivity contribution is -0.260. The number of aliphatic hydroxyl groups is 3. The molecule has 0 bridgehead atoms. The van der Waals surface area contributed by atoms with Crippen LogP contribution in [0.3, 0.4) is 0 Å². The second kappa shape index (κ2) is 17.9. The van der Waals surface area contributed by atoms with E-state index in [9.17, 15) is 71.9 Å². The van der Waals surface area contributed by atoms with Gasteiger partial charge in [-0.25, -0.2) is 13.2 Å². The number of hydrogen-bond donors (Lipinski definition) is 3. The van der Waals surface area contributed by atoms with Crippen molar-refractivity contribution >= 4 is 92.6 Å². The maximum Gasteiger partial charge on any atom is 0.422 e. The van der Waals surface area contributed by atoms with Gasteiger partial charge in [0.25, 0.3) is 0 Å².